The van der Waals surface area contributed by atoms with Crippen LogP contribution in [0, 0.1) is 6.92 Å². The fourth-order valence-corrected chi connectivity index (χ4v) is 2.57. The van der Waals surface area contributed by atoms with Gasteiger partial charge in [0.05, 0.1) is 21.4 Å². The third kappa shape index (κ3) is 3.83. The summed E-state index contributed by atoms with van der Waals surface area (Å²) in [7, 11) is 0. The average molecular weight is 369 g/mol. The number of amides is 2. The minimum atomic E-state index is -0.547. The predicted octanol–water partition coefficient (Wildman–Crippen LogP) is 3.80. The van der Waals surface area contributed by atoms with E-state index in [-0.39, 0.29) is 16.8 Å². The van der Waals surface area contributed by atoms with E-state index in [4.69, 9.17) is 28.9 Å². The SMILES string of the molecule is Cc1[nH]c(C(=O)Nc2ccc(C(N)=O)cc2NC(C)C)c(Cl)c1Cl. The number of benzene rings is 1. The molecule has 0 saturated heterocycles. The Balaban J connectivity index is 2.35. The van der Waals surface area contributed by atoms with Gasteiger partial charge in [0, 0.05) is 17.3 Å². The Labute approximate surface area is 149 Å². The summed E-state index contributed by atoms with van der Waals surface area (Å²) in [6.07, 6.45) is 0. The lowest BCUT2D eigenvalue weighted by molar-refractivity contribution is 0.0998. The normalized spacial score (nSPS) is 10.8. The minimum absolute atomic E-state index is 0.0922. The van der Waals surface area contributed by atoms with Gasteiger partial charge >= 0.3 is 0 Å². The van der Waals surface area contributed by atoms with Crippen molar-refractivity contribution in [3.8, 4) is 0 Å². The maximum Gasteiger partial charge on any atom is 0.273 e. The fourth-order valence-electron chi connectivity index (χ4n) is 2.15. The van der Waals surface area contributed by atoms with Crippen LogP contribution >= 0.6 is 23.2 Å². The van der Waals surface area contributed by atoms with Gasteiger partial charge in [-0.1, -0.05) is 23.2 Å². The van der Waals surface area contributed by atoms with E-state index in [0.717, 1.165) is 0 Å². The molecule has 0 saturated carbocycles. The van der Waals surface area contributed by atoms with E-state index in [0.29, 0.717) is 27.7 Å². The molecule has 0 spiro atoms. The lowest BCUT2D eigenvalue weighted by atomic mass is 10.1. The molecule has 0 aliphatic carbocycles. The van der Waals surface area contributed by atoms with Crippen LogP contribution in [0.2, 0.25) is 10.0 Å². The van der Waals surface area contributed by atoms with Gasteiger partial charge in [-0.2, -0.15) is 0 Å². The molecular formula is C16H18Cl2N4O2. The molecule has 2 rings (SSSR count). The predicted molar refractivity (Wildman–Crippen MR) is 97.2 cm³/mol. The smallest absolute Gasteiger partial charge is 0.273 e. The second kappa shape index (κ2) is 7.15. The van der Waals surface area contributed by atoms with Gasteiger partial charge in [-0.05, 0) is 39.0 Å². The van der Waals surface area contributed by atoms with Crippen molar-refractivity contribution in [2.45, 2.75) is 26.8 Å². The number of nitrogens with one attached hydrogen (secondary N) is 3. The Morgan fingerprint density at radius 1 is 1.17 bits per heavy atom. The van der Waals surface area contributed by atoms with Crippen molar-refractivity contribution >= 4 is 46.4 Å². The molecule has 1 heterocycles. The van der Waals surface area contributed by atoms with Gasteiger partial charge in [0.25, 0.3) is 5.91 Å². The molecule has 0 radical (unpaired) electrons. The molecule has 1 aromatic carbocycles. The molecule has 8 heteroatoms. The Morgan fingerprint density at radius 2 is 1.83 bits per heavy atom. The summed E-state index contributed by atoms with van der Waals surface area (Å²) in [4.78, 5) is 26.7. The van der Waals surface area contributed by atoms with E-state index in [1.165, 1.54) is 6.07 Å². The van der Waals surface area contributed by atoms with Gasteiger partial charge in [-0.15, -0.1) is 0 Å². The summed E-state index contributed by atoms with van der Waals surface area (Å²) in [6.45, 7) is 5.60. The Morgan fingerprint density at radius 3 is 2.33 bits per heavy atom. The van der Waals surface area contributed by atoms with Crippen molar-refractivity contribution in [3.05, 3.63) is 45.2 Å². The first-order valence-electron chi connectivity index (χ1n) is 7.26. The van der Waals surface area contributed by atoms with E-state index < -0.39 is 11.8 Å². The van der Waals surface area contributed by atoms with Crippen molar-refractivity contribution in [2.24, 2.45) is 5.73 Å². The molecule has 0 aliphatic heterocycles. The third-order valence-electron chi connectivity index (χ3n) is 3.28. The lowest BCUT2D eigenvalue weighted by Crippen LogP contribution is -2.18. The summed E-state index contributed by atoms with van der Waals surface area (Å²) in [6, 6.07) is 4.83. The van der Waals surface area contributed by atoms with E-state index in [1.807, 2.05) is 13.8 Å². The summed E-state index contributed by atoms with van der Waals surface area (Å²) in [5.41, 5.74) is 7.51. The molecule has 5 N–H and O–H groups in total. The van der Waals surface area contributed by atoms with Crippen LogP contribution in [0.15, 0.2) is 18.2 Å². The number of nitrogens with two attached hydrogens (primary N) is 1. The van der Waals surface area contributed by atoms with Crippen LogP contribution in [0.1, 0.15) is 40.4 Å². The molecule has 0 unspecified atom stereocenters. The van der Waals surface area contributed by atoms with Crippen molar-refractivity contribution < 1.29 is 9.59 Å². The van der Waals surface area contributed by atoms with Crippen LogP contribution < -0.4 is 16.4 Å². The van der Waals surface area contributed by atoms with E-state index in [2.05, 4.69) is 15.6 Å². The number of primary amides is 1. The molecule has 24 heavy (non-hydrogen) atoms. The molecule has 2 aromatic rings. The third-order valence-corrected chi connectivity index (χ3v) is 4.22. The van der Waals surface area contributed by atoms with Crippen LogP contribution in [-0.2, 0) is 0 Å². The highest BCUT2D eigenvalue weighted by Gasteiger charge is 2.19. The Kier molecular flexibility index (Phi) is 5.41. The number of anilines is 2. The molecule has 1 aromatic heterocycles. The second-order valence-corrected chi connectivity index (χ2v) is 6.39. The molecule has 2 amide bonds. The maximum atomic E-state index is 12.5. The van der Waals surface area contributed by atoms with E-state index >= 15 is 0 Å². The highest BCUT2D eigenvalue weighted by atomic mass is 35.5. The van der Waals surface area contributed by atoms with Gasteiger partial charge in [0.1, 0.15) is 5.69 Å². The largest absolute Gasteiger partial charge is 0.381 e. The molecule has 0 atom stereocenters. The molecule has 6 nitrogen and oxygen atoms in total. The number of aromatic amines is 1. The first-order chi connectivity index (χ1) is 11.2. The highest BCUT2D eigenvalue weighted by molar-refractivity contribution is 6.44. The summed E-state index contributed by atoms with van der Waals surface area (Å²) < 4.78 is 0. The highest BCUT2D eigenvalue weighted by Crippen LogP contribution is 2.31. The maximum absolute atomic E-state index is 12.5. The number of hydrogen-bond donors (Lipinski definition) is 4. The summed E-state index contributed by atoms with van der Waals surface area (Å²) in [5.74, 6) is -0.983. The first kappa shape index (κ1) is 18.2. The standard InChI is InChI=1S/C16H18Cl2N4O2/c1-7(2)20-11-6-9(15(19)23)4-5-10(11)22-16(24)14-13(18)12(17)8(3)21-14/h4-7,20-21H,1-3H3,(H2,19,23)(H,22,24). The zero-order valence-corrected chi connectivity index (χ0v) is 15.0. The van der Waals surface area contributed by atoms with Crippen molar-refractivity contribution in [3.63, 3.8) is 0 Å². The second-order valence-electron chi connectivity index (χ2n) is 5.63. The molecule has 0 aliphatic rings. The quantitative estimate of drug-likeness (QED) is 0.645. The van der Waals surface area contributed by atoms with Crippen LogP contribution in [-0.4, -0.2) is 22.8 Å². The first-order valence-corrected chi connectivity index (χ1v) is 8.01. The molecule has 0 fully saturated rings. The minimum Gasteiger partial charge on any atom is -0.381 e. The van der Waals surface area contributed by atoms with Crippen molar-refractivity contribution in [1.82, 2.24) is 4.98 Å². The number of carbonyl (C=O) groups excluding carboxylic acids is 2. The summed E-state index contributed by atoms with van der Waals surface area (Å²) >= 11 is 12.1. The molecule has 128 valence electrons. The van der Waals surface area contributed by atoms with Crippen molar-refractivity contribution in [2.75, 3.05) is 10.6 Å². The monoisotopic (exact) mass is 368 g/mol. The van der Waals surface area contributed by atoms with Gasteiger partial charge in [0.2, 0.25) is 5.91 Å². The average Bonchev–Trinajstić information content (AvgIpc) is 2.76. The Hall–Kier alpha value is -2.18. The van der Waals surface area contributed by atoms with Gasteiger partial charge in [-0.25, -0.2) is 0 Å². The fraction of sp³-hybridized carbons (Fsp3) is 0.250. The van der Waals surface area contributed by atoms with E-state index in [1.54, 1.807) is 19.1 Å². The topological polar surface area (TPSA) is 100 Å². The van der Waals surface area contributed by atoms with E-state index in [9.17, 15) is 9.59 Å². The summed E-state index contributed by atoms with van der Waals surface area (Å²) in [5, 5.41) is 6.39. The van der Waals surface area contributed by atoms with Gasteiger partial charge in [0.15, 0.2) is 0 Å². The van der Waals surface area contributed by atoms with Gasteiger partial charge in [-0.3, -0.25) is 9.59 Å². The zero-order chi connectivity index (χ0) is 18.0. The van der Waals surface area contributed by atoms with Crippen LogP contribution in [0.4, 0.5) is 11.4 Å². The molecule has 0 bridgehead atoms. The Bertz CT molecular complexity index is 800. The number of halogens is 2. The number of aryl methyl sites for hydroxylation is 1. The number of rotatable bonds is 5. The number of hydrogen-bond acceptors (Lipinski definition) is 3. The van der Waals surface area contributed by atoms with Crippen LogP contribution in [0.25, 0.3) is 0 Å². The number of H-pyrrole nitrogens is 1. The van der Waals surface area contributed by atoms with Crippen LogP contribution in [0.3, 0.4) is 0 Å². The van der Waals surface area contributed by atoms with Crippen molar-refractivity contribution in [1.29, 1.82) is 0 Å². The van der Waals surface area contributed by atoms with Crippen LogP contribution in [0.5, 0.6) is 0 Å². The zero-order valence-electron chi connectivity index (χ0n) is 13.5. The number of carbonyl (C=O) groups is 2. The number of aromatic nitrogens is 1. The lowest BCUT2D eigenvalue weighted by Gasteiger charge is -2.16. The van der Waals surface area contributed by atoms with Gasteiger partial charge < -0.3 is 21.4 Å². The molecular weight excluding hydrogens is 351 g/mol.